The van der Waals surface area contributed by atoms with Gasteiger partial charge in [-0.25, -0.2) is 4.79 Å². The van der Waals surface area contributed by atoms with Crippen molar-refractivity contribution in [2.75, 3.05) is 11.9 Å². The summed E-state index contributed by atoms with van der Waals surface area (Å²) >= 11 is 0. The Bertz CT molecular complexity index is 719. The first kappa shape index (κ1) is 19.3. The Labute approximate surface area is 167 Å². The number of rotatable bonds is 6. The first-order chi connectivity index (χ1) is 13.4. The van der Waals surface area contributed by atoms with Gasteiger partial charge in [0.15, 0.2) is 5.69 Å². The summed E-state index contributed by atoms with van der Waals surface area (Å²) in [7, 11) is 0. The molecule has 154 valence electrons. The third-order valence-electron chi connectivity index (χ3n) is 6.64. The van der Waals surface area contributed by atoms with Gasteiger partial charge in [-0.3, -0.25) is 9.48 Å². The highest BCUT2D eigenvalue weighted by molar-refractivity contribution is 6.01. The molecule has 0 atom stereocenters. The van der Waals surface area contributed by atoms with Gasteiger partial charge in [-0.1, -0.05) is 13.8 Å². The fraction of sp³-hybridized carbons (Fsp3) is 0.762. The molecule has 0 aromatic carbocycles. The summed E-state index contributed by atoms with van der Waals surface area (Å²) in [6.07, 6.45) is 9.06. The van der Waals surface area contributed by atoms with Gasteiger partial charge in [0.25, 0.3) is 5.91 Å². The number of hydrogen-bond donors (Lipinski definition) is 3. The first-order valence-corrected chi connectivity index (χ1v) is 10.8. The maximum atomic E-state index is 12.8. The molecule has 0 saturated heterocycles. The standard InChI is InChI=1S/C21H33N5O2/c1-4-26-12-17(18(25-26)19(27)22-11-13(2)3)23-20(28)24-21-8-14-5-15(9-21)7-16(6-14)10-21/h12-16H,4-11H2,1-3H3,(H,22,27)(H2,23,24,28). The molecule has 3 N–H and O–H groups in total. The van der Waals surface area contributed by atoms with Gasteiger partial charge in [0, 0.05) is 24.8 Å². The highest BCUT2D eigenvalue weighted by Gasteiger charge is 2.51. The minimum Gasteiger partial charge on any atom is -0.350 e. The quantitative estimate of drug-likeness (QED) is 0.699. The normalized spacial score (nSPS) is 30.5. The van der Waals surface area contributed by atoms with E-state index < -0.39 is 0 Å². The number of aromatic nitrogens is 2. The highest BCUT2D eigenvalue weighted by Crippen LogP contribution is 2.55. The minimum absolute atomic E-state index is 0.0559. The number of nitrogens with zero attached hydrogens (tertiary/aromatic N) is 2. The van der Waals surface area contributed by atoms with Crippen LogP contribution in [-0.4, -0.2) is 33.8 Å². The van der Waals surface area contributed by atoms with Crippen LogP contribution in [0.15, 0.2) is 6.20 Å². The van der Waals surface area contributed by atoms with Gasteiger partial charge in [0.05, 0.1) is 5.69 Å². The van der Waals surface area contributed by atoms with Crippen molar-refractivity contribution in [1.82, 2.24) is 20.4 Å². The summed E-state index contributed by atoms with van der Waals surface area (Å²) in [4.78, 5) is 25.4. The SMILES string of the molecule is CCn1cc(NC(=O)NC23CC4CC(CC(C4)C2)C3)c(C(=O)NCC(C)C)n1. The summed E-state index contributed by atoms with van der Waals surface area (Å²) < 4.78 is 1.69. The molecule has 4 saturated carbocycles. The largest absolute Gasteiger partial charge is 0.350 e. The van der Waals surface area contributed by atoms with Crippen LogP contribution in [0.4, 0.5) is 10.5 Å². The van der Waals surface area contributed by atoms with Crippen molar-refractivity contribution < 1.29 is 9.59 Å². The van der Waals surface area contributed by atoms with E-state index in [1.54, 1.807) is 10.9 Å². The topological polar surface area (TPSA) is 88.0 Å². The van der Waals surface area contributed by atoms with E-state index in [1.165, 1.54) is 19.3 Å². The lowest BCUT2D eigenvalue weighted by molar-refractivity contribution is -0.0127. The number of urea groups is 1. The van der Waals surface area contributed by atoms with E-state index in [-0.39, 0.29) is 23.2 Å². The van der Waals surface area contributed by atoms with E-state index >= 15 is 0 Å². The molecule has 4 bridgehead atoms. The van der Waals surface area contributed by atoms with Crippen molar-refractivity contribution in [3.63, 3.8) is 0 Å². The highest BCUT2D eigenvalue weighted by atomic mass is 16.2. The van der Waals surface area contributed by atoms with Crippen LogP contribution in [0.1, 0.15) is 69.8 Å². The third-order valence-corrected chi connectivity index (χ3v) is 6.64. The van der Waals surface area contributed by atoms with Crippen molar-refractivity contribution >= 4 is 17.6 Å². The van der Waals surface area contributed by atoms with Crippen LogP contribution < -0.4 is 16.0 Å². The van der Waals surface area contributed by atoms with Gasteiger partial charge in [0.2, 0.25) is 0 Å². The molecule has 1 aromatic rings. The fourth-order valence-electron chi connectivity index (χ4n) is 5.88. The van der Waals surface area contributed by atoms with Crippen LogP contribution in [0.2, 0.25) is 0 Å². The van der Waals surface area contributed by atoms with Crippen LogP contribution in [0.5, 0.6) is 0 Å². The number of amides is 3. The summed E-state index contributed by atoms with van der Waals surface area (Å²) in [5.74, 6) is 2.42. The number of hydrogen-bond acceptors (Lipinski definition) is 3. The van der Waals surface area contributed by atoms with Crippen LogP contribution in [-0.2, 0) is 6.54 Å². The number of aryl methyl sites for hydroxylation is 1. The number of nitrogens with one attached hydrogen (secondary N) is 3. The van der Waals surface area contributed by atoms with Crippen LogP contribution in [0.3, 0.4) is 0 Å². The van der Waals surface area contributed by atoms with Crippen molar-refractivity contribution in [2.45, 2.75) is 71.4 Å². The minimum atomic E-state index is -0.244. The average Bonchev–Trinajstić information content (AvgIpc) is 3.00. The summed E-state index contributed by atoms with van der Waals surface area (Å²) in [6, 6.07) is -0.212. The lowest BCUT2D eigenvalue weighted by Crippen LogP contribution is -2.60. The van der Waals surface area contributed by atoms with Crippen molar-refractivity contribution in [3.8, 4) is 0 Å². The maximum absolute atomic E-state index is 12.8. The van der Waals surface area contributed by atoms with E-state index in [1.807, 2.05) is 20.8 Å². The molecule has 4 aliphatic rings. The van der Waals surface area contributed by atoms with E-state index in [0.29, 0.717) is 24.7 Å². The second-order valence-electron chi connectivity index (χ2n) is 9.63. The number of carbonyl (C=O) groups excluding carboxylic acids is 2. The predicted octanol–water partition coefficient (Wildman–Crippen LogP) is 3.38. The molecule has 1 heterocycles. The summed E-state index contributed by atoms with van der Waals surface area (Å²) in [6.45, 7) is 7.27. The number of carbonyl (C=O) groups is 2. The molecule has 0 aliphatic heterocycles. The molecule has 0 radical (unpaired) electrons. The Hall–Kier alpha value is -2.05. The zero-order chi connectivity index (χ0) is 19.9. The van der Waals surface area contributed by atoms with Crippen molar-refractivity contribution in [3.05, 3.63) is 11.9 Å². The number of anilines is 1. The monoisotopic (exact) mass is 387 g/mol. The average molecular weight is 388 g/mol. The summed E-state index contributed by atoms with van der Waals surface area (Å²) in [5, 5.41) is 13.5. The first-order valence-electron chi connectivity index (χ1n) is 10.8. The van der Waals surface area contributed by atoms with Gasteiger partial charge in [-0.05, 0) is 69.1 Å². The van der Waals surface area contributed by atoms with Gasteiger partial charge in [-0.2, -0.15) is 5.10 Å². The van der Waals surface area contributed by atoms with Crippen LogP contribution >= 0.6 is 0 Å². The molecule has 3 amide bonds. The Kier molecular flexibility index (Phi) is 5.10. The van der Waals surface area contributed by atoms with E-state index in [2.05, 4.69) is 21.0 Å². The predicted molar refractivity (Wildman–Crippen MR) is 108 cm³/mol. The zero-order valence-electron chi connectivity index (χ0n) is 17.3. The Morgan fingerprint density at radius 2 is 1.79 bits per heavy atom. The molecule has 5 rings (SSSR count). The second-order valence-corrected chi connectivity index (χ2v) is 9.63. The van der Waals surface area contributed by atoms with Crippen LogP contribution in [0, 0.1) is 23.7 Å². The summed E-state index contributed by atoms with van der Waals surface area (Å²) in [5.41, 5.74) is 0.702. The molecule has 7 heteroatoms. The van der Waals surface area contributed by atoms with Gasteiger partial charge in [0.1, 0.15) is 0 Å². The molecule has 4 fully saturated rings. The smallest absolute Gasteiger partial charge is 0.319 e. The van der Waals surface area contributed by atoms with Crippen molar-refractivity contribution in [2.24, 2.45) is 23.7 Å². The molecular weight excluding hydrogens is 354 g/mol. The second kappa shape index (κ2) is 7.41. The molecule has 1 aromatic heterocycles. The molecular formula is C21H33N5O2. The molecule has 28 heavy (non-hydrogen) atoms. The lowest BCUT2D eigenvalue weighted by Gasteiger charge is -2.56. The van der Waals surface area contributed by atoms with Crippen LogP contribution in [0.25, 0.3) is 0 Å². The van der Waals surface area contributed by atoms with Crippen molar-refractivity contribution in [1.29, 1.82) is 0 Å². The van der Waals surface area contributed by atoms with Gasteiger partial charge in [-0.15, -0.1) is 0 Å². The lowest BCUT2D eigenvalue weighted by atomic mass is 9.53. The van der Waals surface area contributed by atoms with Gasteiger partial charge < -0.3 is 16.0 Å². The fourth-order valence-corrected chi connectivity index (χ4v) is 5.88. The van der Waals surface area contributed by atoms with E-state index in [0.717, 1.165) is 37.0 Å². The molecule has 0 spiro atoms. The Balaban J connectivity index is 1.44. The Morgan fingerprint density at radius 1 is 1.18 bits per heavy atom. The zero-order valence-corrected chi connectivity index (χ0v) is 17.3. The third kappa shape index (κ3) is 3.89. The maximum Gasteiger partial charge on any atom is 0.319 e. The van der Waals surface area contributed by atoms with E-state index in [4.69, 9.17) is 0 Å². The molecule has 4 aliphatic carbocycles. The van der Waals surface area contributed by atoms with E-state index in [9.17, 15) is 9.59 Å². The molecule has 0 unspecified atom stereocenters. The Morgan fingerprint density at radius 3 is 2.32 bits per heavy atom. The molecule has 7 nitrogen and oxygen atoms in total. The van der Waals surface area contributed by atoms with Gasteiger partial charge >= 0.3 is 6.03 Å².